The molecule has 1 aromatic heterocycles. The van der Waals surface area contributed by atoms with Crippen molar-refractivity contribution in [2.45, 2.75) is 19.9 Å². The second-order valence-electron chi connectivity index (χ2n) is 3.15. The molecule has 72 valence electrons. The van der Waals surface area contributed by atoms with Crippen molar-refractivity contribution in [3.8, 4) is 0 Å². The summed E-state index contributed by atoms with van der Waals surface area (Å²) in [5.74, 6) is 0. The van der Waals surface area contributed by atoms with E-state index in [2.05, 4.69) is 30.8 Å². The van der Waals surface area contributed by atoms with Crippen LogP contribution in [-0.2, 0) is 0 Å². The number of rotatable bonds is 3. The van der Waals surface area contributed by atoms with Crippen molar-refractivity contribution in [3.05, 3.63) is 29.0 Å². The molecule has 0 amide bonds. The summed E-state index contributed by atoms with van der Waals surface area (Å²) in [6.07, 6.45) is 1.69. The summed E-state index contributed by atoms with van der Waals surface area (Å²) in [7, 11) is 2.08. The highest BCUT2D eigenvalue weighted by Crippen LogP contribution is 2.17. The Bertz CT molecular complexity index is 258. The van der Waals surface area contributed by atoms with Crippen LogP contribution < -0.4 is 0 Å². The van der Waals surface area contributed by atoms with Crippen molar-refractivity contribution in [1.29, 1.82) is 0 Å². The number of halogens is 1. The maximum Gasteiger partial charge on any atom is 0.0589 e. The van der Waals surface area contributed by atoms with Crippen molar-refractivity contribution >= 4 is 11.6 Å². The van der Waals surface area contributed by atoms with E-state index in [-0.39, 0.29) is 0 Å². The van der Waals surface area contributed by atoms with Crippen LogP contribution in [0.25, 0.3) is 0 Å². The highest BCUT2D eigenvalue weighted by molar-refractivity contribution is 6.30. The van der Waals surface area contributed by atoms with Crippen LogP contribution in [0.3, 0.4) is 0 Å². The molecular formula is C10H15ClN2. The van der Waals surface area contributed by atoms with Crippen molar-refractivity contribution in [2.24, 2.45) is 0 Å². The van der Waals surface area contributed by atoms with Crippen molar-refractivity contribution in [2.75, 3.05) is 13.6 Å². The van der Waals surface area contributed by atoms with E-state index in [0.29, 0.717) is 11.1 Å². The van der Waals surface area contributed by atoms with E-state index in [1.165, 1.54) is 0 Å². The van der Waals surface area contributed by atoms with Gasteiger partial charge in [-0.15, -0.1) is 0 Å². The third-order valence-corrected chi connectivity index (χ3v) is 2.56. The molecule has 1 aromatic rings. The SMILES string of the molecule is CCN(C)C(C)c1ccc(Cl)cn1. The Kier molecular flexibility index (Phi) is 3.70. The molecule has 0 aliphatic carbocycles. The van der Waals surface area contributed by atoms with Gasteiger partial charge in [-0.2, -0.15) is 0 Å². The van der Waals surface area contributed by atoms with Gasteiger partial charge in [0.1, 0.15) is 0 Å². The van der Waals surface area contributed by atoms with Crippen molar-refractivity contribution in [3.63, 3.8) is 0 Å². The average Bonchev–Trinajstić information content (AvgIpc) is 2.17. The monoisotopic (exact) mass is 198 g/mol. The maximum absolute atomic E-state index is 5.75. The van der Waals surface area contributed by atoms with Gasteiger partial charge in [0.25, 0.3) is 0 Å². The van der Waals surface area contributed by atoms with Gasteiger partial charge >= 0.3 is 0 Å². The van der Waals surface area contributed by atoms with Gasteiger partial charge in [-0.1, -0.05) is 18.5 Å². The lowest BCUT2D eigenvalue weighted by atomic mass is 10.2. The zero-order valence-electron chi connectivity index (χ0n) is 8.29. The van der Waals surface area contributed by atoms with Crippen molar-refractivity contribution in [1.82, 2.24) is 9.88 Å². The number of hydrogen-bond donors (Lipinski definition) is 0. The van der Waals surface area contributed by atoms with E-state index in [1.807, 2.05) is 12.1 Å². The summed E-state index contributed by atoms with van der Waals surface area (Å²) in [5.41, 5.74) is 1.06. The van der Waals surface area contributed by atoms with Crippen LogP contribution in [0.2, 0.25) is 5.02 Å². The van der Waals surface area contributed by atoms with Gasteiger partial charge in [0, 0.05) is 12.2 Å². The summed E-state index contributed by atoms with van der Waals surface area (Å²) < 4.78 is 0. The summed E-state index contributed by atoms with van der Waals surface area (Å²) in [6, 6.07) is 4.20. The third kappa shape index (κ3) is 2.68. The molecule has 0 aliphatic heterocycles. The Morgan fingerprint density at radius 1 is 1.54 bits per heavy atom. The zero-order valence-corrected chi connectivity index (χ0v) is 9.04. The highest BCUT2D eigenvalue weighted by Gasteiger charge is 2.10. The molecule has 1 atom stereocenters. The van der Waals surface area contributed by atoms with Crippen LogP contribution in [0.15, 0.2) is 18.3 Å². The van der Waals surface area contributed by atoms with E-state index in [9.17, 15) is 0 Å². The molecule has 13 heavy (non-hydrogen) atoms. The van der Waals surface area contributed by atoms with Crippen LogP contribution >= 0.6 is 11.6 Å². The second-order valence-corrected chi connectivity index (χ2v) is 3.59. The maximum atomic E-state index is 5.75. The van der Waals surface area contributed by atoms with Crippen LogP contribution in [-0.4, -0.2) is 23.5 Å². The first-order chi connectivity index (χ1) is 6.15. The van der Waals surface area contributed by atoms with E-state index >= 15 is 0 Å². The quantitative estimate of drug-likeness (QED) is 0.743. The van der Waals surface area contributed by atoms with Crippen LogP contribution in [0, 0.1) is 0 Å². The number of pyridine rings is 1. The van der Waals surface area contributed by atoms with Crippen LogP contribution in [0.4, 0.5) is 0 Å². The fourth-order valence-corrected chi connectivity index (χ4v) is 1.25. The molecule has 1 unspecified atom stereocenters. The average molecular weight is 199 g/mol. The zero-order chi connectivity index (χ0) is 9.84. The lowest BCUT2D eigenvalue weighted by molar-refractivity contribution is 0.271. The van der Waals surface area contributed by atoms with Gasteiger partial charge in [-0.3, -0.25) is 9.88 Å². The summed E-state index contributed by atoms with van der Waals surface area (Å²) in [4.78, 5) is 6.51. The third-order valence-electron chi connectivity index (χ3n) is 2.34. The molecule has 0 saturated heterocycles. The first kappa shape index (κ1) is 10.5. The standard InChI is InChI=1S/C10H15ClN2/c1-4-13(3)8(2)10-6-5-9(11)7-12-10/h5-8H,4H2,1-3H3. The van der Waals surface area contributed by atoms with Gasteiger partial charge in [-0.25, -0.2) is 0 Å². The highest BCUT2D eigenvalue weighted by atomic mass is 35.5. The molecule has 0 bridgehead atoms. The van der Waals surface area contributed by atoms with Gasteiger partial charge in [-0.05, 0) is 32.6 Å². The molecule has 0 radical (unpaired) electrons. The van der Waals surface area contributed by atoms with E-state index in [0.717, 1.165) is 12.2 Å². The number of hydrogen-bond acceptors (Lipinski definition) is 2. The molecule has 1 rings (SSSR count). The molecule has 1 heterocycles. The van der Waals surface area contributed by atoms with Gasteiger partial charge in [0.15, 0.2) is 0 Å². The van der Waals surface area contributed by atoms with E-state index in [4.69, 9.17) is 11.6 Å². The molecule has 0 fully saturated rings. The number of nitrogens with zero attached hydrogens (tertiary/aromatic N) is 2. The Labute approximate surface area is 84.5 Å². The molecule has 0 aliphatic rings. The molecule has 0 spiro atoms. The fraction of sp³-hybridized carbons (Fsp3) is 0.500. The Morgan fingerprint density at radius 3 is 2.69 bits per heavy atom. The topological polar surface area (TPSA) is 16.1 Å². The molecule has 0 N–H and O–H groups in total. The van der Waals surface area contributed by atoms with E-state index < -0.39 is 0 Å². The summed E-state index contributed by atoms with van der Waals surface area (Å²) >= 11 is 5.75. The molecule has 0 aromatic carbocycles. The summed E-state index contributed by atoms with van der Waals surface area (Å²) in [5, 5.41) is 0.690. The first-order valence-corrected chi connectivity index (χ1v) is 4.84. The fourth-order valence-electron chi connectivity index (χ4n) is 1.13. The normalized spacial score (nSPS) is 13.3. The largest absolute Gasteiger partial charge is 0.298 e. The minimum atomic E-state index is 0.349. The van der Waals surface area contributed by atoms with E-state index in [1.54, 1.807) is 6.20 Å². The van der Waals surface area contributed by atoms with Crippen molar-refractivity contribution < 1.29 is 0 Å². The first-order valence-electron chi connectivity index (χ1n) is 4.46. The minimum absolute atomic E-state index is 0.349. The predicted molar refractivity (Wildman–Crippen MR) is 56.0 cm³/mol. The van der Waals surface area contributed by atoms with Crippen LogP contribution in [0.1, 0.15) is 25.6 Å². The summed E-state index contributed by atoms with van der Waals surface area (Å²) in [6.45, 7) is 5.29. The van der Waals surface area contributed by atoms with Crippen LogP contribution in [0.5, 0.6) is 0 Å². The lowest BCUT2D eigenvalue weighted by Crippen LogP contribution is -2.22. The van der Waals surface area contributed by atoms with Gasteiger partial charge in [0.05, 0.1) is 10.7 Å². The predicted octanol–water partition coefficient (Wildman–Crippen LogP) is 2.75. The Morgan fingerprint density at radius 2 is 2.23 bits per heavy atom. The van der Waals surface area contributed by atoms with Gasteiger partial charge in [0.2, 0.25) is 0 Å². The smallest absolute Gasteiger partial charge is 0.0589 e. The second kappa shape index (κ2) is 4.58. The lowest BCUT2D eigenvalue weighted by Gasteiger charge is -2.22. The van der Waals surface area contributed by atoms with Gasteiger partial charge < -0.3 is 0 Å². The number of aromatic nitrogens is 1. The molecular weight excluding hydrogens is 184 g/mol. The molecule has 0 saturated carbocycles. The molecule has 3 heteroatoms. The molecule has 2 nitrogen and oxygen atoms in total. The minimum Gasteiger partial charge on any atom is -0.298 e. The Balaban J connectivity index is 2.77. The Hall–Kier alpha value is -0.600.